The Balaban J connectivity index is 3.26. The standard InChI is InChI=1S/C19H38/c1-5-7-9-11-15-19(4)17-13-10-12-16-18(3)14-8-6-2/h6,18-19H,2,5,7-17H2,1,3-4H3. The first-order valence-corrected chi connectivity index (χ1v) is 8.81. The van der Waals surface area contributed by atoms with Crippen LogP contribution in [0.25, 0.3) is 0 Å². The normalized spacial score (nSPS) is 14.3. The Kier molecular flexibility index (Phi) is 14.0. The van der Waals surface area contributed by atoms with Crippen molar-refractivity contribution >= 4 is 0 Å². The minimum absolute atomic E-state index is 0.893. The van der Waals surface area contributed by atoms with Gasteiger partial charge in [0.1, 0.15) is 0 Å². The van der Waals surface area contributed by atoms with E-state index in [0.29, 0.717) is 0 Å². The van der Waals surface area contributed by atoms with Gasteiger partial charge in [-0.3, -0.25) is 0 Å². The second kappa shape index (κ2) is 14.2. The molecule has 0 spiro atoms. The van der Waals surface area contributed by atoms with Crippen molar-refractivity contribution in [3.8, 4) is 0 Å². The fourth-order valence-electron chi connectivity index (χ4n) is 2.77. The molecule has 0 saturated heterocycles. The third-order valence-electron chi connectivity index (χ3n) is 4.31. The lowest BCUT2D eigenvalue weighted by atomic mass is 9.94. The van der Waals surface area contributed by atoms with Gasteiger partial charge in [0.15, 0.2) is 0 Å². The quantitative estimate of drug-likeness (QED) is 0.231. The molecular weight excluding hydrogens is 228 g/mol. The fourth-order valence-corrected chi connectivity index (χ4v) is 2.77. The van der Waals surface area contributed by atoms with E-state index in [-0.39, 0.29) is 0 Å². The van der Waals surface area contributed by atoms with Crippen molar-refractivity contribution in [3.63, 3.8) is 0 Å². The van der Waals surface area contributed by atoms with Crippen LogP contribution in [0, 0.1) is 11.8 Å². The summed E-state index contributed by atoms with van der Waals surface area (Å²) in [6.07, 6.45) is 18.9. The van der Waals surface area contributed by atoms with Crippen LogP contribution in [0.3, 0.4) is 0 Å². The van der Waals surface area contributed by atoms with Crippen LogP contribution in [0.2, 0.25) is 0 Å². The Morgan fingerprint density at radius 3 is 1.68 bits per heavy atom. The molecule has 0 aromatic rings. The molecule has 0 aromatic heterocycles. The highest BCUT2D eigenvalue weighted by atomic mass is 14.1. The molecule has 0 radical (unpaired) electrons. The lowest BCUT2D eigenvalue weighted by molar-refractivity contribution is 0.417. The number of rotatable bonds is 14. The second-order valence-electron chi connectivity index (χ2n) is 6.56. The first kappa shape index (κ1) is 18.7. The zero-order chi connectivity index (χ0) is 14.3. The summed E-state index contributed by atoms with van der Waals surface area (Å²) < 4.78 is 0. The van der Waals surface area contributed by atoms with E-state index in [4.69, 9.17) is 0 Å². The van der Waals surface area contributed by atoms with E-state index < -0.39 is 0 Å². The van der Waals surface area contributed by atoms with Crippen molar-refractivity contribution in [2.75, 3.05) is 0 Å². The summed E-state index contributed by atoms with van der Waals surface area (Å²) in [5.74, 6) is 1.85. The molecule has 0 aliphatic rings. The SMILES string of the molecule is C=CCCC(C)CCCCCC(C)CCCCCC. The summed E-state index contributed by atoms with van der Waals surface area (Å²) in [6.45, 7) is 10.9. The molecule has 0 rings (SSSR count). The summed E-state index contributed by atoms with van der Waals surface area (Å²) in [5.41, 5.74) is 0. The van der Waals surface area contributed by atoms with Gasteiger partial charge in [-0.05, 0) is 24.7 Å². The van der Waals surface area contributed by atoms with E-state index in [0.717, 1.165) is 11.8 Å². The first-order valence-electron chi connectivity index (χ1n) is 8.81. The predicted molar refractivity (Wildman–Crippen MR) is 89.6 cm³/mol. The molecule has 0 aromatic carbocycles. The van der Waals surface area contributed by atoms with Crippen molar-refractivity contribution in [2.45, 2.75) is 97.8 Å². The molecule has 19 heavy (non-hydrogen) atoms. The maximum atomic E-state index is 3.80. The summed E-state index contributed by atoms with van der Waals surface area (Å²) in [5, 5.41) is 0. The Bertz CT molecular complexity index is 182. The molecule has 2 unspecified atom stereocenters. The third kappa shape index (κ3) is 14.0. The molecule has 0 heterocycles. The van der Waals surface area contributed by atoms with E-state index in [1.165, 1.54) is 77.0 Å². The molecule has 0 heteroatoms. The van der Waals surface area contributed by atoms with Crippen molar-refractivity contribution in [3.05, 3.63) is 12.7 Å². The number of hydrogen-bond acceptors (Lipinski definition) is 0. The molecule has 0 bridgehead atoms. The number of unbranched alkanes of at least 4 members (excludes halogenated alkanes) is 5. The Hall–Kier alpha value is -0.260. The molecular formula is C19H38. The highest BCUT2D eigenvalue weighted by Crippen LogP contribution is 2.19. The van der Waals surface area contributed by atoms with Crippen LogP contribution in [-0.4, -0.2) is 0 Å². The lowest BCUT2D eigenvalue weighted by Crippen LogP contribution is -1.97. The fraction of sp³-hybridized carbons (Fsp3) is 0.895. The summed E-state index contributed by atoms with van der Waals surface area (Å²) >= 11 is 0. The molecule has 0 saturated carbocycles. The van der Waals surface area contributed by atoms with Crippen molar-refractivity contribution in [1.29, 1.82) is 0 Å². The van der Waals surface area contributed by atoms with Crippen LogP contribution in [0.1, 0.15) is 97.8 Å². The zero-order valence-corrected chi connectivity index (χ0v) is 13.9. The van der Waals surface area contributed by atoms with Crippen LogP contribution in [-0.2, 0) is 0 Å². The van der Waals surface area contributed by atoms with Crippen LogP contribution in [0.4, 0.5) is 0 Å². The maximum Gasteiger partial charge on any atom is -0.0351 e. The van der Waals surface area contributed by atoms with E-state index in [1.807, 2.05) is 0 Å². The molecule has 0 fully saturated rings. The van der Waals surface area contributed by atoms with Gasteiger partial charge in [0.05, 0.1) is 0 Å². The number of hydrogen-bond donors (Lipinski definition) is 0. The van der Waals surface area contributed by atoms with Gasteiger partial charge in [-0.2, -0.15) is 0 Å². The van der Waals surface area contributed by atoms with Crippen molar-refractivity contribution in [1.82, 2.24) is 0 Å². The average Bonchev–Trinajstić information content (AvgIpc) is 2.41. The van der Waals surface area contributed by atoms with E-state index in [9.17, 15) is 0 Å². The molecule has 0 amide bonds. The summed E-state index contributed by atoms with van der Waals surface area (Å²) in [6, 6.07) is 0. The second-order valence-corrected chi connectivity index (χ2v) is 6.56. The van der Waals surface area contributed by atoms with Crippen LogP contribution < -0.4 is 0 Å². The van der Waals surface area contributed by atoms with Gasteiger partial charge in [-0.1, -0.05) is 91.1 Å². The Morgan fingerprint density at radius 1 is 0.737 bits per heavy atom. The van der Waals surface area contributed by atoms with Gasteiger partial charge in [-0.15, -0.1) is 6.58 Å². The predicted octanol–water partition coefficient (Wildman–Crippen LogP) is 7.15. The molecule has 2 atom stereocenters. The van der Waals surface area contributed by atoms with Gasteiger partial charge in [0, 0.05) is 0 Å². The Labute approximate surface area is 123 Å². The Morgan fingerprint density at radius 2 is 1.21 bits per heavy atom. The lowest BCUT2D eigenvalue weighted by Gasteiger charge is -2.12. The molecule has 0 N–H and O–H groups in total. The van der Waals surface area contributed by atoms with Crippen molar-refractivity contribution < 1.29 is 0 Å². The summed E-state index contributed by atoms with van der Waals surface area (Å²) in [4.78, 5) is 0. The highest BCUT2D eigenvalue weighted by molar-refractivity contribution is 4.68. The van der Waals surface area contributed by atoms with Crippen LogP contribution in [0.5, 0.6) is 0 Å². The average molecular weight is 267 g/mol. The van der Waals surface area contributed by atoms with Crippen molar-refractivity contribution in [2.24, 2.45) is 11.8 Å². The summed E-state index contributed by atoms with van der Waals surface area (Å²) in [7, 11) is 0. The molecule has 0 aliphatic heterocycles. The topological polar surface area (TPSA) is 0 Å². The zero-order valence-electron chi connectivity index (χ0n) is 13.9. The monoisotopic (exact) mass is 266 g/mol. The molecule has 0 aliphatic carbocycles. The van der Waals surface area contributed by atoms with Crippen LogP contribution in [0.15, 0.2) is 12.7 Å². The largest absolute Gasteiger partial charge is 0.103 e. The maximum absolute atomic E-state index is 3.80. The molecule has 0 nitrogen and oxygen atoms in total. The van der Waals surface area contributed by atoms with Crippen LogP contribution >= 0.6 is 0 Å². The van der Waals surface area contributed by atoms with E-state index in [2.05, 4.69) is 33.4 Å². The van der Waals surface area contributed by atoms with Gasteiger partial charge < -0.3 is 0 Å². The van der Waals surface area contributed by atoms with Gasteiger partial charge >= 0.3 is 0 Å². The van der Waals surface area contributed by atoms with E-state index >= 15 is 0 Å². The van der Waals surface area contributed by atoms with Gasteiger partial charge in [0.25, 0.3) is 0 Å². The molecule has 114 valence electrons. The highest BCUT2D eigenvalue weighted by Gasteiger charge is 2.03. The van der Waals surface area contributed by atoms with Gasteiger partial charge in [0.2, 0.25) is 0 Å². The third-order valence-corrected chi connectivity index (χ3v) is 4.31. The first-order chi connectivity index (χ1) is 9.20. The smallest absolute Gasteiger partial charge is 0.0351 e. The minimum Gasteiger partial charge on any atom is -0.103 e. The van der Waals surface area contributed by atoms with Gasteiger partial charge in [-0.25, -0.2) is 0 Å². The van der Waals surface area contributed by atoms with E-state index in [1.54, 1.807) is 0 Å². The number of allylic oxidation sites excluding steroid dienone is 1. The minimum atomic E-state index is 0.893.